The normalized spacial score (nSPS) is 14.8. The Morgan fingerprint density at radius 3 is 0.981 bits per heavy atom. The summed E-state index contributed by atoms with van der Waals surface area (Å²) in [6.45, 7) is 21.0. The first-order chi connectivity index (χ1) is 51.4. The van der Waals surface area contributed by atoms with Crippen LogP contribution >= 0.6 is 46.4 Å². The molecule has 0 radical (unpaired) electrons. The van der Waals surface area contributed by atoms with Crippen LogP contribution in [0.5, 0.6) is 0 Å². The van der Waals surface area contributed by atoms with Crippen molar-refractivity contribution in [2.75, 3.05) is 237 Å². The molecule has 600 valence electrons. The van der Waals surface area contributed by atoms with Gasteiger partial charge in [0, 0.05) is 123 Å². The molecule has 0 saturated heterocycles. The molecule has 23 nitrogen and oxygen atoms in total. The number of benzene rings is 4. The number of sulfone groups is 2. The van der Waals surface area contributed by atoms with E-state index in [1.165, 1.54) is 0 Å². The largest absolute Gasteiger partial charge is 0.379 e. The lowest BCUT2D eigenvalue weighted by molar-refractivity contribution is -0.121. The van der Waals surface area contributed by atoms with Crippen molar-refractivity contribution >= 4 is 77.6 Å². The number of hydrogen-bond donors (Lipinski definition) is 0. The Kier molecular flexibility index (Phi) is 49.9. The highest BCUT2D eigenvalue weighted by atomic mass is 35.5. The van der Waals surface area contributed by atoms with Crippen molar-refractivity contribution in [1.29, 1.82) is 0 Å². The van der Waals surface area contributed by atoms with Crippen LogP contribution < -0.4 is 0 Å². The molecule has 4 aromatic rings. The van der Waals surface area contributed by atoms with Gasteiger partial charge in [0.2, 0.25) is 0 Å². The second-order valence-electron chi connectivity index (χ2n) is 25.5. The van der Waals surface area contributed by atoms with E-state index in [0.29, 0.717) is 286 Å². The molecule has 0 N–H and O–H groups in total. The van der Waals surface area contributed by atoms with Gasteiger partial charge in [-0.05, 0) is 135 Å². The number of halogens is 4. The number of rotatable bonds is 62. The van der Waals surface area contributed by atoms with Crippen LogP contribution in [0.4, 0.5) is 0 Å². The predicted molar refractivity (Wildman–Crippen MR) is 411 cm³/mol. The van der Waals surface area contributed by atoms with Crippen molar-refractivity contribution in [3.8, 4) is 0 Å². The van der Waals surface area contributed by atoms with Gasteiger partial charge in [-0.2, -0.15) is 0 Å². The van der Waals surface area contributed by atoms with Gasteiger partial charge in [-0.3, -0.25) is 9.59 Å². The first kappa shape index (κ1) is 93.2. The smallest absolute Gasteiger partial charge is 0.178 e. The lowest BCUT2D eigenvalue weighted by Gasteiger charge is -2.33. The number of nitrogens with zero attached hydrogens (tertiary/aromatic N) is 2. The molecule has 0 saturated carbocycles. The number of hydrogen-bond acceptors (Lipinski definition) is 23. The Hall–Kier alpha value is -3.40. The van der Waals surface area contributed by atoms with Crippen LogP contribution in [0.15, 0.2) is 82.6 Å². The zero-order chi connectivity index (χ0) is 76.3. The van der Waals surface area contributed by atoms with Gasteiger partial charge in [-0.25, -0.2) is 16.8 Å². The molecule has 6 rings (SSSR count). The summed E-state index contributed by atoms with van der Waals surface area (Å²) in [5, 5.41) is 2.39. The highest BCUT2D eigenvalue weighted by Gasteiger charge is 2.30. The van der Waals surface area contributed by atoms with E-state index in [-0.39, 0.29) is 34.9 Å². The van der Waals surface area contributed by atoms with Crippen molar-refractivity contribution in [3.63, 3.8) is 0 Å². The van der Waals surface area contributed by atoms with Crippen LogP contribution in [-0.4, -0.2) is 275 Å². The summed E-state index contributed by atoms with van der Waals surface area (Å²) in [6.07, 6.45) is 4.70. The molecule has 2 aliphatic rings. The predicted octanol–water partition coefficient (Wildman–Crippen LogP) is 11.6. The van der Waals surface area contributed by atoms with Gasteiger partial charge in [-0.1, -0.05) is 77.6 Å². The van der Waals surface area contributed by atoms with Gasteiger partial charge in [-0.15, -0.1) is 0 Å². The molecule has 29 heteroatoms. The molecule has 4 aromatic carbocycles. The zero-order valence-corrected chi connectivity index (χ0v) is 67.4. The van der Waals surface area contributed by atoms with E-state index in [4.69, 9.17) is 117 Å². The van der Waals surface area contributed by atoms with Gasteiger partial charge in [0.1, 0.15) is 11.6 Å². The molecule has 2 unspecified atom stereocenters. The van der Waals surface area contributed by atoms with E-state index in [1.54, 1.807) is 48.5 Å². The number of ether oxygens (including phenoxy) is 15. The van der Waals surface area contributed by atoms with E-state index in [0.717, 1.165) is 59.5 Å². The molecule has 0 aliphatic carbocycles. The maximum absolute atomic E-state index is 13.2. The molecule has 0 fully saturated rings. The first-order valence-corrected chi connectivity index (χ1v) is 41.9. The Bertz CT molecular complexity index is 3290. The van der Waals surface area contributed by atoms with Crippen molar-refractivity contribution < 1.29 is 97.5 Å². The maximum Gasteiger partial charge on any atom is 0.178 e. The molecule has 0 spiro atoms. The lowest BCUT2D eigenvalue weighted by Crippen LogP contribution is -2.31. The Labute approximate surface area is 650 Å². The summed E-state index contributed by atoms with van der Waals surface area (Å²) >= 11 is 25.7. The quantitative estimate of drug-likeness (QED) is 0.0373. The van der Waals surface area contributed by atoms with Crippen LogP contribution in [0.1, 0.15) is 117 Å². The number of ketones is 2. The zero-order valence-electron chi connectivity index (χ0n) is 62.7. The summed E-state index contributed by atoms with van der Waals surface area (Å²) < 4.78 is 135. The van der Waals surface area contributed by atoms with Crippen LogP contribution in [0, 0.1) is 0 Å². The van der Waals surface area contributed by atoms with Gasteiger partial charge in [0.15, 0.2) is 19.7 Å². The summed E-state index contributed by atoms with van der Waals surface area (Å²) in [6, 6.07) is 21.7. The molecule has 2 heterocycles. The minimum absolute atomic E-state index is 0.0100. The molecule has 0 amide bonds. The van der Waals surface area contributed by atoms with Crippen LogP contribution in [0.3, 0.4) is 0 Å². The average molecular weight is 1610 g/mol. The third kappa shape index (κ3) is 39.7. The summed E-state index contributed by atoms with van der Waals surface area (Å²) in [5.74, 6) is 0.186. The Morgan fingerprint density at radius 1 is 0.368 bits per heavy atom. The molecule has 0 bridgehead atoms. The topological polar surface area (TPSA) is 247 Å². The molecule has 106 heavy (non-hydrogen) atoms. The maximum atomic E-state index is 13.2. The van der Waals surface area contributed by atoms with Crippen molar-refractivity contribution in [2.24, 2.45) is 0 Å². The SMILES string of the molecule is CCCOCCOCCOCCC(=O)CCCOCCOCCOCCCS(=O)(=O)c1cccc(C2CN(C)Cc3c(Cl)cc(Cl)cc32)c1.CCOCCOCCOCCOCCOCCOCCC(=O)CCCOCCOCCOCCCS(=O)(=O)c1cccc(C2CN(C)Cc3c(Cl)cc(Cl)cc32)c1. The number of likely N-dealkylation sites (N-methyl/N-ethyl adjacent to an activating group) is 2. The molecule has 2 aliphatic heterocycles. The van der Waals surface area contributed by atoms with Crippen LogP contribution in [0.2, 0.25) is 20.1 Å². The molecular formula is C77H116Cl4N2O21S2. The van der Waals surface area contributed by atoms with Gasteiger partial charge >= 0.3 is 0 Å². The van der Waals surface area contributed by atoms with Gasteiger partial charge < -0.3 is 80.9 Å². The minimum atomic E-state index is -3.50. The van der Waals surface area contributed by atoms with E-state index in [9.17, 15) is 26.4 Å². The molecule has 0 aromatic heterocycles. The molecular weight excluding hydrogens is 1490 g/mol. The second-order valence-corrected chi connectivity index (χ2v) is 31.4. The summed E-state index contributed by atoms with van der Waals surface area (Å²) in [7, 11) is -2.94. The highest BCUT2D eigenvalue weighted by molar-refractivity contribution is 7.91. The fourth-order valence-corrected chi connectivity index (χ4v) is 15.2. The van der Waals surface area contributed by atoms with Crippen molar-refractivity contribution in [1.82, 2.24) is 9.80 Å². The highest BCUT2D eigenvalue weighted by Crippen LogP contribution is 2.41. The lowest BCUT2D eigenvalue weighted by atomic mass is 9.85. The third-order valence-corrected chi connectivity index (χ3v) is 21.5. The van der Waals surface area contributed by atoms with Gasteiger partial charge in [0.25, 0.3) is 0 Å². The fraction of sp³-hybridized carbons (Fsp3) is 0.662. The molecule has 2 atom stereocenters. The summed E-state index contributed by atoms with van der Waals surface area (Å²) in [5.41, 5.74) is 5.95. The van der Waals surface area contributed by atoms with E-state index >= 15 is 0 Å². The summed E-state index contributed by atoms with van der Waals surface area (Å²) in [4.78, 5) is 29.0. The van der Waals surface area contributed by atoms with Gasteiger partial charge in [0.05, 0.1) is 180 Å². The standard InChI is InChI=1S/C41H63Cl2NO12S.C36H53Cl2NO9S/c1-3-48-14-15-52-22-23-55-26-27-56-25-24-54-21-18-51-13-10-36(45)8-5-11-49-16-19-53-20-17-50-12-6-28-57(46,47)37-9-4-7-34(29-37)39-32-44(2)33-40-38(39)30-35(42)31-41(40)43;1-3-11-43-15-19-47-22-18-46-14-10-31(40)8-5-12-44-16-20-48-21-17-45-13-6-23-49(41,42)32-9-4-7-29(24-32)34-27-39(2)28-35-33(34)25-30(37)26-36(35)38/h4,7,9,29-31,39H,3,5-6,8,10-28,32-33H2,1-2H3;4,7,9,24-26,34H,3,5-6,8,10-23,27-28H2,1-2H3. The van der Waals surface area contributed by atoms with E-state index < -0.39 is 19.7 Å². The van der Waals surface area contributed by atoms with Crippen molar-refractivity contribution in [3.05, 3.63) is 126 Å². The van der Waals surface area contributed by atoms with E-state index in [1.807, 2.05) is 45.3 Å². The second kappa shape index (κ2) is 56.8. The number of fused-ring (bicyclic) bond motifs is 2. The number of Topliss-reactive ketones (excluding diaryl/α,β-unsaturated/α-hetero) is 2. The van der Waals surface area contributed by atoms with Crippen LogP contribution in [0.25, 0.3) is 0 Å². The average Bonchev–Trinajstić information content (AvgIpc) is 0.775. The third-order valence-electron chi connectivity index (χ3n) is 16.8. The number of carbonyl (C=O) groups is 2. The van der Waals surface area contributed by atoms with E-state index in [2.05, 4.69) is 16.7 Å². The Balaban J connectivity index is 0.000000385. The first-order valence-electron chi connectivity index (χ1n) is 37.1. The number of carbonyl (C=O) groups excluding carboxylic acids is 2. The monoisotopic (exact) mass is 1610 g/mol. The van der Waals surface area contributed by atoms with Crippen LogP contribution in [-0.2, 0) is 113 Å². The minimum Gasteiger partial charge on any atom is -0.379 e. The fourth-order valence-electron chi connectivity index (χ4n) is 11.4. The van der Waals surface area contributed by atoms with Crippen molar-refractivity contribution in [2.45, 2.75) is 106 Å². The Morgan fingerprint density at radius 2 is 0.660 bits per heavy atom.